The largest absolute Gasteiger partial charge is 0.381 e. The smallest absolute Gasteiger partial charge is 0.254 e. The van der Waals surface area contributed by atoms with Gasteiger partial charge in [0.05, 0.1) is 22.6 Å². The summed E-state index contributed by atoms with van der Waals surface area (Å²) in [5.74, 6) is 0.536. The second-order valence-corrected chi connectivity index (χ2v) is 10.2. The number of rotatable bonds is 8. The molecule has 0 radical (unpaired) electrons. The second kappa shape index (κ2) is 9.60. The van der Waals surface area contributed by atoms with E-state index in [1.807, 2.05) is 6.07 Å². The summed E-state index contributed by atoms with van der Waals surface area (Å²) in [4.78, 5) is 25.1. The first-order valence-corrected chi connectivity index (χ1v) is 12.5. The number of hydrogen-bond acceptors (Lipinski definition) is 10. The van der Waals surface area contributed by atoms with Gasteiger partial charge in [0.2, 0.25) is 5.95 Å². The van der Waals surface area contributed by atoms with Crippen LogP contribution in [0.2, 0.25) is 5.02 Å². The van der Waals surface area contributed by atoms with E-state index in [1.54, 1.807) is 21.7 Å². The third-order valence-electron chi connectivity index (χ3n) is 6.37. The van der Waals surface area contributed by atoms with Crippen molar-refractivity contribution in [2.24, 2.45) is 0 Å². The van der Waals surface area contributed by atoms with Crippen LogP contribution in [-0.2, 0) is 4.79 Å². The van der Waals surface area contributed by atoms with E-state index in [0.29, 0.717) is 65.7 Å². The van der Waals surface area contributed by atoms with E-state index in [2.05, 4.69) is 30.6 Å². The van der Waals surface area contributed by atoms with Gasteiger partial charge in [0.15, 0.2) is 11.5 Å². The van der Waals surface area contributed by atoms with Crippen molar-refractivity contribution in [3.05, 3.63) is 34.6 Å². The van der Waals surface area contributed by atoms with Crippen molar-refractivity contribution in [1.82, 2.24) is 24.5 Å². The molecule has 2 fully saturated rings. The minimum Gasteiger partial charge on any atom is -0.381 e. The van der Waals surface area contributed by atoms with Crippen LogP contribution in [-0.4, -0.2) is 85.7 Å². The van der Waals surface area contributed by atoms with Crippen LogP contribution in [0.15, 0.2) is 18.3 Å². The summed E-state index contributed by atoms with van der Waals surface area (Å²) < 4.78 is 1.56. The molecule has 0 spiro atoms. The molecule has 1 aliphatic heterocycles. The number of halogens is 1. The summed E-state index contributed by atoms with van der Waals surface area (Å²) in [6.07, 6.45) is 6.11. The van der Waals surface area contributed by atoms with Gasteiger partial charge in [-0.3, -0.25) is 4.79 Å². The molecule has 194 valence electrons. The molecule has 3 aromatic rings. The predicted octanol–water partition coefficient (Wildman–Crippen LogP) is 2.51. The lowest BCUT2D eigenvalue weighted by Gasteiger charge is -2.38. The molecule has 1 saturated carbocycles. The van der Waals surface area contributed by atoms with Gasteiger partial charge in [0.25, 0.3) is 5.91 Å². The molecule has 12 nitrogen and oxygen atoms in total. The molecule has 0 bridgehead atoms. The Balaban J connectivity index is 1.44. The molecule has 13 heteroatoms. The maximum atomic E-state index is 12.5. The number of nitrogens with one attached hydrogen (secondary N) is 4. The highest BCUT2D eigenvalue weighted by Gasteiger charge is 2.32. The molecule has 37 heavy (non-hydrogen) atoms. The van der Waals surface area contributed by atoms with Crippen molar-refractivity contribution in [3.8, 4) is 0 Å². The average Bonchev–Trinajstić information content (AvgIpc) is 3.60. The van der Waals surface area contributed by atoms with Crippen LogP contribution in [0.4, 0.5) is 23.1 Å². The summed E-state index contributed by atoms with van der Waals surface area (Å²) >= 11 is 6.86. The number of carbonyl (C=O) groups excluding carboxylic acids is 1. The van der Waals surface area contributed by atoms with Crippen molar-refractivity contribution in [2.45, 2.75) is 38.3 Å². The number of aromatic nitrogens is 4. The zero-order valence-electron chi connectivity index (χ0n) is 20.6. The van der Waals surface area contributed by atoms with E-state index < -0.39 is 5.60 Å². The second-order valence-electron chi connectivity index (χ2n) is 9.77. The number of anilines is 4. The summed E-state index contributed by atoms with van der Waals surface area (Å²) in [6.45, 7) is 4.92. The van der Waals surface area contributed by atoms with Gasteiger partial charge < -0.3 is 36.4 Å². The highest BCUT2D eigenvalue weighted by Crippen LogP contribution is 2.36. The van der Waals surface area contributed by atoms with E-state index in [9.17, 15) is 9.90 Å². The lowest BCUT2D eigenvalue weighted by atomic mass is 10.1. The van der Waals surface area contributed by atoms with Gasteiger partial charge in [0.1, 0.15) is 11.3 Å². The summed E-state index contributed by atoms with van der Waals surface area (Å²) in [7, 11) is 0. The summed E-state index contributed by atoms with van der Waals surface area (Å²) in [5.41, 5.74) is 1.52. The fourth-order valence-electron chi connectivity index (χ4n) is 4.26. The number of benzene rings is 1. The Hall–Kier alpha value is -3.77. The van der Waals surface area contributed by atoms with Gasteiger partial charge in [-0.05, 0) is 44.4 Å². The Labute approximate surface area is 218 Å². The standard InChI is InChI=1S/C24H29ClN10O2/c1-24(2,37)22(36)34-7-5-33(6-8-34)18-10-14(11-26)9-17(19(18)25)30-23-31-20(29-15-3-4-15)21-28-13-16(12-27)35(21)32-23/h9-13,15,26-27,37H,3-8H2,1-2H3,(H2,29,30,31,32). The Morgan fingerprint density at radius 3 is 2.54 bits per heavy atom. The third-order valence-corrected chi connectivity index (χ3v) is 6.77. The first-order chi connectivity index (χ1) is 17.7. The Bertz CT molecular complexity index is 1370. The van der Waals surface area contributed by atoms with Gasteiger partial charge in [-0.15, -0.1) is 5.10 Å². The van der Waals surface area contributed by atoms with Crippen molar-refractivity contribution >= 4 is 58.7 Å². The number of piperazine rings is 1. The molecule has 1 amide bonds. The van der Waals surface area contributed by atoms with Crippen LogP contribution < -0.4 is 15.5 Å². The van der Waals surface area contributed by atoms with Crippen LogP contribution in [0.3, 0.4) is 0 Å². The third kappa shape index (κ3) is 5.07. The monoisotopic (exact) mass is 524 g/mol. The minimum atomic E-state index is -1.42. The Kier molecular flexibility index (Phi) is 6.46. The molecule has 2 aromatic heterocycles. The average molecular weight is 525 g/mol. The van der Waals surface area contributed by atoms with Crippen LogP contribution >= 0.6 is 11.6 Å². The van der Waals surface area contributed by atoms with Crippen LogP contribution in [0.1, 0.15) is 37.9 Å². The molecule has 5 rings (SSSR count). The normalized spacial score (nSPS) is 16.1. The van der Waals surface area contributed by atoms with E-state index in [0.717, 1.165) is 18.5 Å². The molecule has 1 aromatic carbocycles. The van der Waals surface area contributed by atoms with E-state index in [4.69, 9.17) is 22.4 Å². The lowest BCUT2D eigenvalue weighted by molar-refractivity contribution is -0.148. The molecule has 3 heterocycles. The molecule has 0 atom stereocenters. The van der Waals surface area contributed by atoms with Gasteiger partial charge in [-0.1, -0.05) is 11.6 Å². The molecule has 1 saturated heterocycles. The van der Waals surface area contributed by atoms with Crippen LogP contribution in [0, 0.1) is 10.8 Å². The first-order valence-electron chi connectivity index (χ1n) is 12.1. The Morgan fingerprint density at radius 2 is 1.92 bits per heavy atom. The summed E-state index contributed by atoms with van der Waals surface area (Å²) in [5, 5.41) is 37.1. The quantitative estimate of drug-likeness (QED) is 0.281. The van der Waals surface area contributed by atoms with Gasteiger partial charge >= 0.3 is 0 Å². The Morgan fingerprint density at radius 1 is 1.19 bits per heavy atom. The number of fused-ring (bicyclic) bond motifs is 1. The number of carbonyl (C=O) groups is 1. The maximum Gasteiger partial charge on any atom is 0.254 e. The predicted molar refractivity (Wildman–Crippen MR) is 143 cm³/mol. The fourth-order valence-corrected chi connectivity index (χ4v) is 4.54. The zero-order chi connectivity index (χ0) is 26.3. The molecule has 5 N–H and O–H groups in total. The van der Waals surface area contributed by atoms with Gasteiger partial charge in [0, 0.05) is 44.7 Å². The molecule has 0 unspecified atom stereocenters. The molecular formula is C24H29ClN10O2. The minimum absolute atomic E-state index is 0.271. The number of imidazole rings is 1. The van der Waals surface area contributed by atoms with Crippen molar-refractivity contribution < 1.29 is 9.90 Å². The molecular weight excluding hydrogens is 496 g/mol. The van der Waals surface area contributed by atoms with Crippen molar-refractivity contribution in [2.75, 3.05) is 41.7 Å². The highest BCUT2D eigenvalue weighted by molar-refractivity contribution is 6.36. The van der Waals surface area contributed by atoms with Crippen LogP contribution in [0.5, 0.6) is 0 Å². The topological polar surface area (TPSA) is 159 Å². The maximum absolute atomic E-state index is 12.5. The lowest BCUT2D eigenvalue weighted by Crippen LogP contribution is -2.54. The number of hydrogen-bond donors (Lipinski definition) is 5. The van der Waals surface area contributed by atoms with Crippen molar-refractivity contribution in [1.29, 1.82) is 10.8 Å². The van der Waals surface area contributed by atoms with Gasteiger partial charge in [-0.25, -0.2) is 9.50 Å². The number of aliphatic hydroxyl groups is 1. The number of nitrogens with zero attached hydrogens (tertiary/aromatic N) is 6. The first kappa shape index (κ1) is 24.9. The highest BCUT2D eigenvalue weighted by atomic mass is 35.5. The molecule has 1 aliphatic carbocycles. The fraction of sp³-hybridized carbons (Fsp3) is 0.417. The number of amides is 1. The summed E-state index contributed by atoms with van der Waals surface area (Å²) in [6, 6.07) is 3.92. The zero-order valence-corrected chi connectivity index (χ0v) is 21.4. The van der Waals surface area contributed by atoms with E-state index in [-0.39, 0.29) is 11.9 Å². The molecule has 2 aliphatic rings. The van der Waals surface area contributed by atoms with E-state index in [1.165, 1.54) is 26.3 Å². The van der Waals surface area contributed by atoms with E-state index >= 15 is 0 Å². The van der Waals surface area contributed by atoms with Crippen molar-refractivity contribution in [3.63, 3.8) is 0 Å². The van der Waals surface area contributed by atoms with Crippen LogP contribution in [0.25, 0.3) is 5.65 Å². The van der Waals surface area contributed by atoms with Gasteiger partial charge in [-0.2, -0.15) is 4.98 Å². The SMILES string of the molecule is CC(C)(O)C(=O)N1CCN(c2cc(C=N)cc(Nc3nc(NC4CC4)c4ncc(C=N)n4n3)c2Cl)CC1.